The Hall–Kier alpha value is -0.900. The molecule has 1 fully saturated rings. The van der Waals surface area contributed by atoms with Gasteiger partial charge in [-0.2, -0.15) is 5.10 Å². The van der Waals surface area contributed by atoms with Crippen LogP contribution in [0.15, 0.2) is 0 Å². The molecule has 1 aromatic heterocycles. The Labute approximate surface area is 97.2 Å². The summed E-state index contributed by atoms with van der Waals surface area (Å²) >= 11 is 0. The molecule has 4 heteroatoms. The predicted octanol–water partition coefficient (Wildman–Crippen LogP) is 1.92. The van der Waals surface area contributed by atoms with Crippen LogP contribution in [0.1, 0.15) is 63.0 Å². The summed E-state index contributed by atoms with van der Waals surface area (Å²) in [4.78, 5) is 4.66. The smallest absolute Gasteiger partial charge is 0.153 e. The van der Waals surface area contributed by atoms with Crippen LogP contribution in [0.3, 0.4) is 0 Å². The first-order valence-corrected chi connectivity index (χ1v) is 6.24. The molecule has 4 nitrogen and oxygen atoms in total. The molecular weight excluding hydrogens is 200 g/mol. The summed E-state index contributed by atoms with van der Waals surface area (Å²) in [6, 6.07) is 0.345. The number of hydrogen-bond donors (Lipinski definition) is 1. The molecule has 0 saturated heterocycles. The van der Waals surface area contributed by atoms with Crippen LogP contribution in [0.2, 0.25) is 0 Å². The highest BCUT2D eigenvalue weighted by Gasteiger charge is 2.25. The molecule has 0 bridgehead atoms. The Morgan fingerprint density at radius 3 is 2.69 bits per heavy atom. The summed E-state index contributed by atoms with van der Waals surface area (Å²) < 4.78 is 1.94. The van der Waals surface area contributed by atoms with Crippen LogP contribution in [-0.2, 0) is 7.05 Å². The van der Waals surface area contributed by atoms with E-state index >= 15 is 0 Å². The molecule has 0 aromatic carbocycles. The summed E-state index contributed by atoms with van der Waals surface area (Å²) in [6.07, 6.45) is 4.64. The molecule has 1 aromatic rings. The third-order valence-electron chi connectivity index (χ3n) is 3.41. The van der Waals surface area contributed by atoms with E-state index in [-0.39, 0.29) is 0 Å². The van der Waals surface area contributed by atoms with E-state index in [1.807, 2.05) is 11.7 Å². The second-order valence-corrected chi connectivity index (χ2v) is 5.23. The van der Waals surface area contributed by atoms with Gasteiger partial charge >= 0.3 is 0 Å². The highest BCUT2D eigenvalue weighted by Crippen LogP contribution is 2.31. The normalized spacial score (nSPS) is 26.3. The lowest BCUT2D eigenvalue weighted by Gasteiger charge is -2.25. The monoisotopic (exact) mass is 222 g/mol. The lowest BCUT2D eigenvalue weighted by Crippen LogP contribution is -2.28. The lowest BCUT2D eigenvalue weighted by atomic mass is 9.85. The van der Waals surface area contributed by atoms with E-state index in [1.54, 1.807) is 0 Å². The minimum Gasteiger partial charge on any atom is -0.328 e. The van der Waals surface area contributed by atoms with Gasteiger partial charge in [0.15, 0.2) is 5.82 Å². The molecule has 1 heterocycles. The molecule has 2 atom stereocenters. The van der Waals surface area contributed by atoms with Gasteiger partial charge in [0, 0.05) is 24.9 Å². The van der Waals surface area contributed by atoms with Gasteiger partial charge in [-0.3, -0.25) is 4.68 Å². The maximum Gasteiger partial charge on any atom is 0.153 e. The van der Waals surface area contributed by atoms with Crippen molar-refractivity contribution < 1.29 is 0 Å². The number of aryl methyl sites for hydroxylation is 1. The molecule has 16 heavy (non-hydrogen) atoms. The minimum atomic E-state index is 0.345. The second-order valence-electron chi connectivity index (χ2n) is 5.23. The van der Waals surface area contributed by atoms with Gasteiger partial charge in [-0.25, -0.2) is 4.98 Å². The van der Waals surface area contributed by atoms with Crippen LogP contribution in [-0.4, -0.2) is 20.8 Å². The number of nitrogens with zero attached hydrogens (tertiary/aromatic N) is 3. The van der Waals surface area contributed by atoms with Crippen LogP contribution in [0.5, 0.6) is 0 Å². The van der Waals surface area contributed by atoms with Crippen molar-refractivity contribution >= 4 is 0 Å². The highest BCUT2D eigenvalue weighted by molar-refractivity contribution is 5.04. The van der Waals surface area contributed by atoms with E-state index in [4.69, 9.17) is 5.73 Å². The predicted molar refractivity (Wildman–Crippen MR) is 64.3 cm³/mol. The third-order valence-corrected chi connectivity index (χ3v) is 3.41. The molecule has 0 aliphatic heterocycles. The van der Waals surface area contributed by atoms with E-state index in [2.05, 4.69) is 23.9 Å². The average Bonchev–Trinajstić information content (AvgIpc) is 2.60. The number of aromatic nitrogens is 3. The zero-order valence-electron chi connectivity index (χ0n) is 10.5. The van der Waals surface area contributed by atoms with Crippen molar-refractivity contribution in [3.63, 3.8) is 0 Å². The molecule has 1 aliphatic rings. The molecule has 1 saturated carbocycles. The van der Waals surface area contributed by atoms with Crippen molar-refractivity contribution in [1.29, 1.82) is 0 Å². The average molecular weight is 222 g/mol. The largest absolute Gasteiger partial charge is 0.328 e. The van der Waals surface area contributed by atoms with Crippen molar-refractivity contribution in [1.82, 2.24) is 14.8 Å². The standard InChI is InChI=1S/C12H22N4/c1-8(2)11-14-12(16(3)15-11)9-5-4-6-10(13)7-9/h8-10H,4-7,13H2,1-3H3. The molecule has 0 spiro atoms. The van der Waals surface area contributed by atoms with Crippen molar-refractivity contribution in [2.24, 2.45) is 12.8 Å². The van der Waals surface area contributed by atoms with Gasteiger partial charge in [0.2, 0.25) is 0 Å². The van der Waals surface area contributed by atoms with E-state index in [9.17, 15) is 0 Å². The molecule has 2 rings (SSSR count). The molecular formula is C12H22N4. The van der Waals surface area contributed by atoms with Crippen molar-refractivity contribution in [3.8, 4) is 0 Å². The van der Waals surface area contributed by atoms with Crippen molar-refractivity contribution in [2.75, 3.05) is 0 Å². The Balaban J connectivity index is 2.19. The fraction of sp³-hybridized carbons (Fsp3) is 0.833. The Morgan fingerprint density at radius 1 is 1.38 bits per heavy atom. The van der Waals surface area contributed by atoms with Crippen molar-refractivity contribution in [2.45, 2.75) is 57.4 Å². The van der Waals surface area contributed by atoms with Gasteiger partial charge in [-0.15, -0.1) is 0 Å². The van der Waals surface area contributed by atoms with Gasteiger partial charge in [0.25, 0.3) is 0 Å². The van der Waals surface area contributed by atoms with Gasteiger partial charge in [-0.1, -0.05) is 20.3 Å². The first-order valence-electron chi connectivity index (χ1n) is 6.24. The van der Waals surface area contributed by atoms with Crippen molar-refractivity contribution in [3.05, 3.63) is 11.6 Å². The molecule has 1 aliphatic carbocycles. The maximum atomic E-state index is 6.02. The summed E-state index contributed by atoms with van der Waals surface area (Å²) in [5, 5.41) is 4.48. The summed E-state index contributed by atoms with van der Waals surface area (Å²) in [6.45, 7) is 4.26. The molecule has 90 valence electrons. The number of nitrogens with two attached hydrogens (primary N) is 1. The highest BCUT2D eigenvalue weighted by atomic mass is 15.3. The van der Waals surface area contributed by atoms with Gasteiger partial charge in [0.1, 0.15) is 5.82 Å². The first-order chi connectivity index (χ1) is 7.58. The minimum absolute atomic E-state index is 0.345. The number of rotatable bonds is 2. The summed E-state index contributed by atoms with van der Waals surface area (Å²) in [5.41, 5.74) is 6.02. The Kier molecular flexibility index (Phi) is 3.28. The van der Waals surface area contributed by atoms with Crippen LogP contribution in [0.4, 0.5) is 0 Å². The SMILES string of the molecule is CC(C)c1nc(C2CCCC(N)C2)n(C)n1. The first kappa shape index (κ1) is 11.6. The van der Waals surface area contributed by atoms with Crippen LogP contribution in [0, 0.1) is 0 Å². The third kappa shape index (κ3) is 2.26. The second kappa shape index (κ2) is 4.53. The van der Waals surface area contributed by atoms with E-state index in [0.29, 0.717) is 17.9 Å². The Bertz CT molecular complexity index is 356. The number of hydrogen-bond acceptors (Lipinski definition) is 3. The topological polar surface area (TPSA) is 56.7 Å². The molecule has 0 radical (unpaired) electrons. The van der Waals surface area contributed by atoms with E-state index < -0.39 is 0 Å². The van der Waals surface area contributed by atoms with E-state index in [1.165, 1.54) is 12.8 Å². The van der Waals surface area contributed by atoms with E-state index in [0.717, 1.165) is 24.5 Å². The zero-order valence-corrected chi connectivity index (χ0v) is 10.5. The summed E-state index contributed by atoms with van der Waals surface area (Å²) in [5.74, 6) is 2.99. The fourth-order valence-electron chi connectivity index (χ4n) is 2.48. The summed E-state index contributed by atoms with van der Waals surface area (Å²) in [7, 11) is 1.99. The van der Waals surface area contributed by atoms with Crippen LogP contribution < -0.4 is 5.73 Å². The van der Waals surface area contributed by atoms with Gasteiger partial charge in [0.05, 0.1) is 0 Å². The fourth-order valence-corrected chi connectivity index (χ4v) is 2.48. The molecule has 2 N–H and O–H groups in total. The maximum absolute atomic E-state index is 6.02. The molecule has 2 unspecified atom stereocenters. The lowest BCUT2D eigenvalue weighted by molar-refractivity contribution is 0.374. The van der Waals surface area contributed by atoms with Crippen LogP contribution >= 0.6 is 0 Å². The molecule has 0 amide bonds. The quantitative estimate of drug-likeness (QED) is 0.831. The Morgan fingerprint density at radius 2 is 2.12 bits per heavy atom. The van der Waals surface area contributed by atoms with Gasteiger partial charge in [-0.05, 0) is 19.3 Å². The zero-order chi connectivity index (χ0) is 11.7. The van der Waals surface area contributed by atoms with Gasteiger partial charge < -0.3 is 5.73 Å². The van der Waals surface area contributed by atoms with Crippen LogP contribution in [0.25, 0.3) is 0 Å².